The molecule has 36 heavy (non-hydrogen) atoms. The van der Waals surface area contributed by atoms with Crippen molar-refractivity contribution in [2.75, 3.05) is 7.11 Å². The maximum Gasteiger partial charge on any atom is 0.273 e. The topological polar surface area (TPSA) is 106 Å². The molecule has 0 saturated heterocycles. The van der Waals surface area contributed by atoms with Crippen LogP contribution < -0.4 is 20.3 Å². The zero-order valence-electron chi connectivity index (χ0n) is 20.2. The highest BCUT2D eigenvalue weighted by molar-refractivity contribution is 5.76. The Bertz CT molecular complexity index is 1360. The highest BCUT2D eigenvalue weighted by atomic mass is 16.5. The Kier molecular flexibility index (Phi) is 8.08. The second-order valence-corrected chi connectivity index (χ2v) is 8.29. The lowest BCUT2D eigenvalue weighted by atomic mass is 10.1. The van der Waals surface area contributed by atoms with Crippen LogP contribution in [0.15, 0.2) is 83.7 Å². The van der Waals surface area contributed by atoms with Crippen LogP contribution in [0.4, 0.5) is 0 Å². The third-order valence-electron chi connectivity index (χ3n) is 5.70. The van der Waals surface area contributed by atoms with Crippen LogP contribution in [0.1, 0.15) is 36.2 Å². The summed E-state index contributed by atoms with van der Waals surface area (Å²) in [6.45, 7) is 2.32. The number of aromatic nitrogens is 3. The first-order valence-corrected chi connectivity index (χ1v) is 11.7. The molecule has 8 nitrogen and oxygen atoms in total. The van der Waals surface area contributed by atoms with Crippen LogP contribution in [0.25, 0.3) is 11.4 Å². The third-order valence-corrected chi connectivity index (χ3v) is 5.70. The molecule has 1 heterocycles. The van der Waals surface area contributed by atoms with E-state index in [0.717, 1.165) is 11.1 Å². The predicted molar refractivity (Wildman–Crippen MR) is 137 cm³/mol. The number of hydrogen-bond acceptors (Lipinski definition) is 6. The molecule has 184 valence electrons. The molecule has 4 rings (SSSR count). The average Bonchev–Trinajstić information content (AvgIpc) is 2.92. The molecule has 1 amide bonds. The van der Waals surface area contributed by atoms with E-state index in [1.807, 2.05) is 67.6 Å². The predicted octanol–water partition coefficient (Wildman–Crippen LogP) is 4.23. The summed E-state index contributed by atoms with van der Waals surface area (Å²) in [4.78, 5) is 27.7. The van der Waals surface area contributed by atoms with Crippen molar-refractivity contribution in [1.82, 2.24) is 20.5 Å². The molecule has 3 aromatic carbocycles. The van der Waals surface area contributed by atoms with Gasteiger partial charge in [0.05, 0.1) is 13.2 Å². The molecule has 0 spiro atoms. The molecule has 0 saturated carbocycles. The first kappa shape index (κ1) is 24.7. The summed E-state index contributed by atoms with van der Waals surface area (Å²) in [5.74, 6) is 1.23. The van der Waals surface area contributed by atoms with Gasteiger partial charge in [0.15, 0.2) is 17.3 Å². The van der Waals surface area contributed by atoms with Crippen LogP contribution in [-0.2, 0) is 17.8 Å². The standard InChI is InChI=1S/C28H28N4O4/c1-19(21-11-7-4-8-12-21)29-26(33)16-14-23-28(34)30-27(32-31-23)22-13-15-24(25(17-22)35-2)36-18-20-9-5-3-6-10-20/h3-13,15,17,19H,14,16,18H2,1-2H3,(H,29,33)(H,30,32,34). The van der Waals surface area contributed by atoms with Gasteiger partial charge in [-0.25, -0.2) is 0 Å². The number of carbonyl (C=O) groups excluding carboxylic acids is 1. The second-order valence-electron chi connectivity index (χ2n) is 8.29. The summed E-state index contributed by atoms with van der Waals surface area (Å²) in [7, 11) is 1.55. The molecule has 0 aliphatic heterocycles. The van der Waals surface area contributed by atoms with E-state index in [0.29, 0.717) is 29.5 Å². The van der Waals surface area contributed by atoms with Gasteiger partial charge < -0.3 is 19.8 Å². The number of amides is 1. The minimum Gasteiger partial charge on any atom is -0.493 e. The number of methoxy groups -OCH3 is 1. The lowest BCUT2D eigenvalue weighted by molar-refractivity contribution is -0.121. The van der Waals surface area contributed by atoms with Gasteiger partial charge >= 0.3 is 0 Å². The molecule has 0 radical (unpaired) electrons. The number of hydrogen-bond donors (Lipinski definition) is 2. The van der Waals surface area contributed by atoms with Gasteiger partial charge in [0.25, 0.3) is 5.56 Å². The van der Waals surface area contributed by atoms with Gasteiger partial charge in [-0.1, -0.05) is 60.7 Å². The molecule has 1 atom stereocenters. The fraction of sp³-hybridized carbons (Fsp3) is 0.214. The highest BCUT2D eigenvalue weighted by Gasteiger charge is 2.14. The van der Waals surface area contributed by atoms with E-state index in [-0.39, 0.29) is 36.0 Å². The van der Waals surface area contributed by atoms with Crippen molar-refractivity contribution < 1.29 is 14.3 Å². The average molecular weight is 485 g/mol. The maximum absolute atomic E-state index is 12.6. The van der Waals surface area contributed by atoms with Gasteiger partial charge in [0.1, 0.15) is 12.3 Å². The fourth-order valence-corrected chi connectivity index (χ4v) is 3.69. The maximum atomic E-state index is 12.6. The molecule has 0 aliphatic rings. The minimum atomic E-state index is -0.382. The van der Waals surface area contributed by atoms with Crippen molar-refractivity contribution in [2.24, 2.45) is 0 Å². The molecule has 1 aromatic heterocycles. The number of benzene rings is 3. The van der Waals surface area contributed by atoms with Crippen molar-refractivity contribution >= 4 is 5.91 Å². The van der Waals surface area contributed by atoms with Crippen molar-refractivity contribution in [3.05, 3.63) is 106 Å². The lowest BCUT2D eigenvalue weighted by Gasteiger charge is -2.14. The van der Waals surface area contributed by atoms with E-state index in [9.17, 15) is 9.59 Å². The summed E-state index contributed by atoms with van der Waals surface area (Å²) in [5.41, 5.74) is 2.50. The van der Waals surface area contributed by atoms with Crippen molar-refractivity contribution in [1.29, 1.82) is 0 Å². The molecule has 0 bridgehead atoms. The quantitative estimate of drug-likeness (QED) is 0.349. The summed E-state index contributed by atoms with van der Waals surface area (Å²) in [6, 6.07) is 24.7. The smallest absolute Gasteiger partial charge is 0.273 e. The first-order chi connectivity index (χ1) is 17.5. The number of nitrogens with one attached hydrogen (secondary N) is 2. The Balaban J connectivity index is 1.38. The van der Waals surface area contributed by atoms with Gasteiger partial charge in [0, 0.05) is 18.4 Å². The van der Waals surface area contributed by atoms with E-state index in [2.05, 4.69) is 20.5 Å². The summed E-state index contributed by atoms with van der Waals surface area (Å²) in [5, 5.41) is 11.2. The van der Waals surface area contributed by atoms with Gasteiger partial charge in [-0.05, 0) is 36.2 Å². The summed E-state index contributed by atoms with van der Waals surface area (Å²) < 4.78 is 11.4. The summed E-state index contributed by atoms with van der Waals surface area (Å²) in [6.07, 6.45) is 0.321. The van der Waals surface area contributed by atoms with E-state index in [4.69, 9.17) is 9.47 Å². The van der Waals surface area contributed by atoms with Gasteiger partial charge in [-0.2, -0.15) is 0 Å². The van der Waals surface area contributed by atoms with Crippen LogP contribution in [0, 0.1) is 0 Å². The van der Waals surface area contributed by atoms with E-state index < -0.39 is 0 Å². The first-order valence-electron chi connectivity index (χ1n) is 11.7. The number of ether oxygens (including phenoxy) is 2. The van der Waals surface area contributed by atoms with Gasteiger partial charge in [-0.15, -0.1) is 10.2 Å². The SMILES string of the molecule is COc1cc(-c2nnc(CCC(=O)NC(C)c3ccccc3)c(=O)[nH]2)ccc1OCc1ccccc1. The van der Waals surface area contributed by atoms with Crippen LogP contribution in [0.3, 0.4) is 0 Å². The highest BCUT2D eigenvalue weighted by Crippen LogP contribution is 2.31. The van der Waals surface area contributed by atoms with Crippen molar-refractivity contribution in [2.45, 2.75) is 32.4 Å². The van der Waals surface area contributed by atoms with E-state index in [1.54, 1.807) is 25.3 Å². The molecule has 8 heteroatoms. The van der Waals surface area contributed by atoms with Crippen LogP contribution in [0.2, 0.25) is 0 Å². The summed E-state index contributed by atoms with van der Waals surface area (Å²) >= 11 is 0. The zero-order valence-corrected chi connectivity index (χ0v) is 20.2. The Hall–Kier alpha value is -4.46. The molecular weight excluding hydrogens is 456 g/mol. The number of aryl methyl sites for hydroxylation is 1. The molecule has 0 fully saturated rings. The van der Waals surface area contributed by atoms with Crippen LogP contribution >= 0.6 is 0 Å². The third kappa shape index (κ3) is 6.35. The Morgan fingerprint density at radius 3 is 2.39 bits per heavy atom. The fourth-order valence-electron chi connectivity index (χ4n) is 3.69. The Labute approximate surface area is 209 Å². The van der Waals surface area contributed by atoms with E-state index >= 15 is 0 Å². The number of rotatable bonds is 10. The lowest BCUT2D eigenvalue weighted by Crippen LogP contribution is -2.28. The van der Waals surface area contributed by atoms with E-state index in [1.165, 1.54) is 0 Å². The van der Waals surface area contributed by atoms with Crippen molar-refractivity contribution in [3.8, 4) is 22.9 Å². The second kappa shape index (κ2) is 11.8. The zero-order chi connectivity index (χ0) is 25.3. The molecular formula is C28H28N4O4. The number of carbonyl (C=O) groups is 1. The Morgan fingerprint density at radius 2 is 1.69 bits per heavy atom. The van der Waals surface area contributed by atoms with Gasteiger partial charge in [-0.3, -0.25) is 9.59 Å². The Morgan fingerprint density at radius 1 is 0.972 bits per heavy atom. The molecule has 0 aliphatic carbocycles. The van der Waals surface area contributed by atoms with Crippen LogP contribution in [0.5, 0.6) is 11.5 Å². The normalized spacial score (nSPS) is 11.5. The van der Waals surface area contributed by atoms with Crippen molar-refractivity contribution in [3.63, 3.8) is 0 Å². The molecule has 2 N–H and O–H groups in total. The monoisotopic (exact) mass is 484 g/mol. The largest absolute Gasteiger partial charge is 0.493 e. The van der Waals surface area contributed by atoms with Gasteiger partial charge in [0.2, 0.25) is 5.91 Å². The number of H-pyrrole nitrogens is 1. The molecule has 4 aromatic rings. The number of nitrogens with zero attached hydrogens (tertiary/aromatic N) is 2. The van der Waals surface area contributed by atoms with Crippen LogP contribution in [-0.4, -0.2) is 28.2 Å². The number of aromatic amines is 1. The minimum absolute atomic E-state index is 0.125. The molecule has 1 unspecified atom stereocenters.